The van der Waals surface area contributed by atoms with Gasteiger partial charge in [0.1, 0.15) is 17.0 Å². The normalized spacial score (nSPS) is 11.7. The van der Waals surface area contributed by atoms with Crippen LogP contribution in [0.4, 0.5) is 11.4 Å². The van der Waals surface area contributed by atoms with E-state index >= 15 is 0 Å². The molecule has 7 heteroatoms. The van der Waals surface area contributed by atoms with Crippen LogP contribution in [-0.2, 0) is 6.42 Å². The first-order valence-corrected chi connectivity index (χ1v) is 21.2. The Morgan fingerprint density at radius 1 is 0.603 bits per heavy atom. The van der Waals surface area contributed by atoms with Crippen molar-refractivity contribution in [1.82, 2.24) is 4.98 Å². The molecular formula is C51H56N2O5. The molecule has 1 aromatic heterocycles. The smallest absolute Gasteiger partial charge is 0.196 e. The number of nitrogens with one attached hydrogen (secondary N) is 1. The molecule has 0 atom stereocenters. The van der Waals surface area contributed by atoms with Gasteiger partial charge in [-0.05, 0) is 65.9 Å². The lowest BCUT2D eigenvalue weighted by molar-refractivity contribution is 0.104. The molecule has 5 aromatic carbocycles. The first kappa shape index (κ1) is 40.4. The van der Waals surface area contributed by atoms with Crippen LogP contribution >= 0.6 is 0 Å². The van der Waals surface area contributed by atoms with Crippen molar-refractivity contribution in [2.45, 2.75) is 96.8 Å². The van der Waals surface area contributed by atoms with Crippen LogP contribution < -0.4 is 19.5 Å². The van der Waals surface area contributed by atoms with Gasteiger partial charge in [-0.15, -0.1) is 0 Å². The molecule has 2 N–H and O–H groups in total. The van der Waals surface area contributed by atoms with Crippen molar-refractivity contribution >= 4 is 28.1 Å². The van der Waals surface area contributed by atoms with Gasteiger partial charge in [-0.3, -0.25) is 4.79 Å². The van der Waals surface area contributed by atoms with E-state index in [-0.39, 0.29) is 11.5 Å². The topological polar surface area (TPSA) is 89.9 Å². The molecule has 0 spiro atoms. The number of pyridine rings is 1. The highest BCUT2D eigenvalue weighted by molar-refractivity contribution is 6.29. The lowest BCUT2D eigenvalue weighted by Gasteiger charge is -2.25. The summed E-state index contributed by atoms with van der Waals surface area (Å²) in [7, 11) is 3.09. The highest BCUT2D eigenvalue weighted by Gasteiger charge is 2.31. The lowest BCUT2D eigenvalue weighted by Crippen LogP contribution is -2.14. The summed E-state index contributed by atoms with van der Waals surface area (Å²) in [5.74, 6) is 1.94. The average Bonchev–Trinajstić information content (AvgIpc) is 3.25. The number of anilines is 2. The van der Waals surface area contributed by atoms with E-state index in [1.54, 1.807) is 13.2 Å². The molecule has 0 saturated heterocycles. The zero-order chi connectivity index (χ0) is 40.3. The quantitative estimate of drug-likeness (QED) is 0.0702. The molecule has 0 fully saturated rings. The van der Waals surface area contributed by atoms with E-state index in [1.165, 1.54) is 95.8 Å². The predicted molar refractivity (Wildman–Crippen MR) is 236 cm³/mol. The number of rotatable bonds is 21. The molecule has 1 aliphatic rings. The number of methoxy groups -OCH3 is 2. The maximum absolute atomic E-state index is 14.5. The summed E-state index contributed by atoms with van der Waals surface area (Å²) < 4.78 is 17.9. The second-order valence-corrected chi connectivity index (χ2v) is 15.4. The van der Waals surface area contributed by atoms with Gasteiger partial charge in [0.15, 0.2) is 23.0 Å². The Kier molecular flexibility index (Phi) is 13.6. The molecule has 300 valence electrons. The number of benzene rings is 5. The number of fused-ring (bicyclic) bond motifs is 2. The lowest BCUT2D eigenvalue weighted by atomic mass is 9.82. The van der Waals surface area contributed by atoms with Gasteiger partial charge in [0.25, 0.3) is 0 Å². The van der Waals surface area contributed by atoms with Crippen LogP contribution in [0.15, 0.2) is 103 Å². The van der Waals surface area contributed by atoms with Crippen molar-refractivity contribution in [3.63, 3.8) is 0 Å². The Balaban J connectivity index is 1.18. The molecule has 6 aromatic rings. The third kappa shape index (κ3) is 9.31. The molecule has 0 amide bonds. The van der Waals surface area contributed by atoms with E-state index in [0.29, 0.717) is 62.0 Å². The van der Waals surface area contributed by atoms with E-state index in [1.807, 2.05) is 78.9 Å². The van der Waals surface area contributed by atoms with E-state index in [0.717, 1.165) is 29.7 Å². The zero-order valence-corrected chi connectivity index (χ0v) is 34.2. The van der Waals surface area contributed by atoms with E-state index in [4.69, 9.17) is 19.2 Å². The van der Waals surface area contributed by atoms with Gasteiger partial charge in [0.05, 0.1) is 31.2 Å². The Morgan fingerprint density at radius 3 is 1.93 bits per heavy atom. The Bertz CT molecular complexity index is 2340. The number of phenolic OH excluding ortho intramolecular Hbond substituents is 1. The molecule has 0 radical (unpaired) electrons. The molecule has 58 heavy (non-hydrogen) atoms. The number of aromatic hydroxyl groups is 1. The summed E-state index contributed by atoms with van der Waals surface area (Å²) >= 11 is 0. The fourth-order valence-electron chi connectivity index (χ4n) is 8.18. The SMILES string of the molecule is CCCCCCCCCCCCCCCc1cccc(Oc2cc(Nc3ccccc3)c3c4c(cc(-c5cc(OC)c(OC)cc5O)nc24)-c2ccccc2C3=O)c1. The summed E-state index contributed by atoms with van der Waals surface area (Å²) in [5, 5.41) is 15.5. The second-order valence-electron chi connectivity index (χ2n) is 15.4. The monoisotopic (exact) mass is 776 g/mol. The number of para-hydroxylation sites is 1. The fraction of sp³-hybridized carbons (Fsp3) is 0.333. The van der Waals surface area contributed by atoms with Crippen molar-refractivity contribution in [3.05, 3.63) is 120 Å². The van der Waals surface area contributed by atoms with E-state index < -0.39 is 0 Å². The molecular weight excluding hydrogens is 721 g/mol. The van der Waals surface area contributed by atoms with Crippen molar-refractivity contribution in [2.24, 2.45) is 0 Å². The van der Waals surface area contributed by atoms with Crippen LogP contribution in [0.1, 0.15) is 112 Å². The number of aromatic nitrogens is 1. The minimum absolute atomic E-state index is 0.0113. The van der Waals surface area contributed by atoms with Gasteiger partial charge in [-0.1, -0.05) is 139 Å². The van der Waals surface area contributed by atoms with Gasteiger partial charge in [-0.25, -0.2) is 4.98 Å². The molecule has 0 saturated carbocycles. The minimum Gasteiger partial charge on any atom is -0.507 e. The number of nitrogens with zero attached hydrogens (tertiary/aromatic N) is 1. The number of carbonyl (C=O) groups excluding carboxylic acids is 1. The maximum atomic E-state index is 14.5. The van der Waals surface area contributed by atoms with Crippen molar-refractivity contribution < 1.29 is 24.1 Å². The van der Waals surface area contributed by atoms with E-state index in [2.05, 4.69) is 24.4 Å². The van der Waals surface area contributed by atoms with Gasteiger partial charge < -0.3 is 24.6 Å². The number of ether oxygens (including phenoxy) is 3. The highest BCUT2D eigenvalue weighted by Crippen LogP contribution is 2.49. The van der Waals surface area contributed by atoms with Crippen LogP contribution in [-0.4, -0.2) is 30.1 Å². The Hall–Kier alpha value is -5.82. The number of ketones is 1. The summed E-state index contributed by atoms with van der Waals surface area (Å²) in [4.78, 5) is 19.6. The third-order valence-corrected chi connectivity index (χ3v) is 11.3. The molecule has 1 heterocycles. The van der Waals surface area contributed by atoms with Crippen LogP contribution in [0.25, 0.3) is 33.3 Å². The summed E-state index contributed by atoms with van der Waals surface area (Å²) in [6, 6.07) is 32.8. The van der Waals surface area contributed by atoms with Crippen LogP contribution in [0.2, 0.25) is 0 Å². The second kappa shape index (κ2) is 19.6. The van der Waals surface area contributed by atoms with Crippen molar-refractivity contribution in [1.29, 1.82) is 0 Å². The van der Waals surface area contributed by atoms with Gasteiger partial charge in [0, 0.05) is 34.3 Å². The number of phenols is 1. The highest BCUT2D eigenvalue weighted by atomic mass is 16.5. The Morgan fingerprint density at radius 2 is 1.24 bits per heavy atom. The van der Waals surface area contributed by atoms with Crippen LogP contribution in [0.5, 0.6) is 28.7 Å². The zero-order valence-electron chi connectivity index (χ0n) is 34.2. The molecule has 7 nitrogen and oxygen atoms in total. The molecule has 0 aliphatic heterocycles. The number of hydrogen-bond donors (Lipinski definition) is 2. The third-order valence-electron chi connectivity index (χ3n) is 11.3. The average molecular weight is 777 g/mol. The van der Waals surface area contributed by atoms with Gasteiger partial charge in [0.2, 0.25) is 0 Å². The number of unbranched alkanes of at least 4 members (excludes halogenated alkanes) is 12. The largest absolute Gasteiger partial charge is 0.507 e. The van der Waals surface area contributed by atoms with E-state index in [9.17, 15) is 9.90 Å². The van der Waals surface area contributed by atoms with Crippen molar-refractivity contribution in [3.8, 4) is 51.1 Å². The fourth-order valence-corrected chi connectivity index (χ4v) is 8.18. The van der Waals surface area contributed by atoms with Crippen LogP contribution in [0.3, 0.4) is 0 Å². The summed E-state index contributed by atoms with van der Waals surface area (Å²) in [6.45, 7) is 2.28. The first-order chi connectivity index (χ1) is 28.5. The summed E-state index contributed by atoms with van der Waals surface area (Å²) in [5.41, 5.74) is 6.89. The van der Waals surface area contributed by atoms with Gasteiger partial charge in [-0.2, -0.15) is 0 Å². The molecule has 0 unspecified atom stereocenters. The number of hydrogen-bond acceptors (Lipinski definition) is 7. The maximum Gasteiger partial charge on any atom is 0.196 e. The molecule has 1 aliphatic carbocycles. The number of aryl methyl sites for hydroxylation is 1. The van der Waals surface area contributed by atoms with Gasteiger partial charge >= 0.3 is 0 Å². The molecule has 0 bridgehead atoms. The summed E-state index contributed by atoms with van der Waals surface area (Å²) in [6.07, 6.45) is 18.3. The van der Waals surface area contributed by atoms with Crippen LogP contribution in [0, 0.1) is 0 Å². The molecule has 7 rings (SSSR count). The van der Waals surface area contributed by atoms with Crippen molar-refractivity contribution in [2.75, 3.05) is 19.5 Å². The number of carbonyl (C=O) groups is 1. The standard InChI is InChI=1S/C51H56N2O5/c1-4-5-6-7-8-9-10-11-12-13-14-15-17-23-35-24-22-27-37(30-35)58-47-33-43(52-36-25-18-16-19-26-36)49-48-40(38-28-20-21-29-39(38)51(49)55)31-42(53-50(47)48)41-32-45(56-2)46(57-3)34-44(41)54/h16,18-22,24-34,52,54H,4-15,17,23H2,1-3H3. The minimum atomic E-state index is -0.0959. The Labute approximate surface area is 343 Å². The predicted octanol–water partition coefficient (Wildman–Crippen LogP) is 14.0. The first-order valence-electron chi connectivity index (χ1n) is 21.2.